The fourth-order valence-corrected chi connectivity index (χ4v) is 3.14. The molecule has 10 nitrogen and oxygen atoms in total. The van der Waals surface area contributed by atoms with Crippen LogP contribution in [-0.4, -0.2) is 46.2 Å². The average molecular weight is 360 g/mol. The zero-order valence-corrected chi connectivity index (χ0v) is 13.7. The van der Waals surface area contributed by atoms with Gasteiger partial charge in [-0.25, -0.2) is 4.79 Å². The third-order valence-electron chi connectivity index (χ3n) is 4.41. The Kier molecular flexibility index (Phi) is 4.65. The molecule has 0 atom stereocenters. The molecule has 0 radical (unpaired) electrons. The molecule has 136 valence electrons. The molecule has 1 aliphatic carbocycles. The number of non-ortho nitro benzene ring substituents is 1. The van der Waals surface area contributed by atoms with Crippen LogP contribution in [0.15, 0.2) is 18.2 Å². The molecule has 1 aromatic rings. The molecule has 2 N–H and O–H groups in total. The number of nitro benzene ring substituents is 1. The van der Waals surface area contributed by atoms with Crippen molar-refractivity contribution >= 4 is 29.4 Å². The van der Waals surface area contributed by atoms with Crippen molar-refractivity contribution in [3.05, 3.63) is 39.4 Å². The molecular formula is C16H16N4O6. The molecular weight excluding hydrogens is 344 g/mol. The smallest absolute Gasteiger partial charge is 0.321 e. The topological polar surface area (TPSA) is 139 Å². The van der Waals surface area contributed by atoms with Crippen molar-refractivity contribution in [1.82, 2.24) is 15.5 Å². The summed E-state index contributed by atoms with van der Waals surface area (Å²) in [6, 6.07) is 2.64. The molecule has 1 aliphatic heterocycles. The molecule has 1 aromatic carbocycles. The van der Waals surface area contributed by atoms with E-state index in [4.69, 9.17) is 0 Å². The summed E-state index contributed by atoms with van der Waals surface area (Å²) in [6.07, 6.45) is 3.72. The van der Waals surface area contributed by atoms with Gasteiger partial charge in [-0.05, 0) is 18.9 Å². The number of fused-ring (bicyclic) bond motifs is 1. The molecule has 5 amide bonds. The Balaban J connectivity index is 1.63. The summed E-state index contributed by atoms with van der Waals surface area (Å²) in [4.78, 5) is 59.1. The molecule has 3 rings (SSSR count). The number of hydrogen-bond donors (Lipinski definition) is 2. The Morgan fingerprint density at radius 1 is 1.15 bits per heavy atom. The van der Waals surface area contributed by atoms with E-state index in [0.29, 0.717) is 4.90 Å². The lowest BCUT2D eigenvalue weighted by molar-refractivity contribution is -0.384. The van der Waals surface area contributed by atoms with E-state index in [1.54, 1.807) is 0 Å². The molecule has 1 heterocycles. The van der Waals surface area contributed by atoms with Crippen LogP contribution in [0.5, 0.6) is 0 Å². The highest BCUT2D eigenvalue weighted by Crippen LogP contribution is 2.26. The largest absolute Gasteiger partial charge is 0.335 e. The van der Waals surface area contributed by atoms with E-state index in [-0.39, 0.29) is 22.9 Å². The van der Waals surface area contributed by atoms with Gasteiger partial charge in [-0.15, -0.1) is 0 Å². The Hall–Kier alpha value is -3.30. The highest BCUT2D eigenvalue weighted by molar-refractivity contribution is 6.22. The second-order valence-electron chi connectivity index (χ2n) is 6.19. The van der Waals surface area contributed by atoms with Crippen LogP contribution >= 0.6 is 0 Å². The average Bonchev–Trinajstić information content (AvgIpc) is 3.17. The Morgan fingerprint density at radius 3 is 2.46 bits per heavy atom. The minimum absolute atomic E-state index is 0.0104. The normalized spacial score (nSPS) is 16.5. The number of carbonyl (C=O) groups excluding carboxylic acids is 4. The van der Waals surface area contributed by atoms with E-state index in [1.165, 1.54) is 6.07 Å². The third kappa shape index (κ3) is 3.39. The van der Waals surface area contributed by atoms with Gasteiger partial charge in [-0.1, -0.05) is 12.8 Å². The number of imide groups is 2. The Morgan fingerprint density at radius 2 is 1.81 bits per heavy atom. The molecule has 0 bridgehead atoms. The number of amides is 5. The first-order chi connectivity index (χ1) is 12.4. The quantitative estimate of drug-likeness (QED) is 0.466. The standard InChI is InChI=1S/C16H16N4O6/c21-13(18-16(24)17-9-3-1-2-4-9)8-19-14(22)11-6-5-10(20(25)26)7-12(11)15(19)23/h5-7,9H,1-4,8H2,(H2,17,18,21,24). The van der Waals surface area contributed by atoms with E-state index in [9.17, 15) is 29.3 Å². The van der Waals surface area contributed by atoms with Gasteiger partial charge in [0.15, 0.2) is 0 Å². The lowest BCUT2D eigenvalue weighted by Crippen LogP contribution is -2.48. The summed E-state index contributed by atoms with van der Waals surface area (Å²) < 4.78 is 0. The lowest BCUT2D eigenvalue weighted by Gasteiger charge is -2.15. The molecule has 1 saturated carbocycles. The Bertz CT molecular complexity index is 815. The van der Waals surface area contributed by atoms with Gasteiger partial charge in [0.1, 0.15) is 6.54 Å². The third-order valence-corrected chi connectivity index (χ3v) is 4.41. The number of carbonyl (C=O) groups is 4. The second kappa shape index (κ2) is 6.90. The predicted molar refractivity (Wildman–Crippen MR) is 87.4 cm³/mol. The van der Waals surface area contributed by atoms with Crippen LogP contribution in [0.2, 0.25) is 0 Å². The van der Waals surface area contributed by atoms with E-state index in [0.717, 1.165) is 37.8 Å². The predicted octanol–water partition coefficient (Wildman–Crippen LogP) is 0.959. The maximum absolute atomic E-state index is 12.3. The summed E-state index contributed by atoms with van der Waals surface area (Å²) in [6.45, 7) is -0.641. The molecule has 0 spiro atoms. The monoisotopic (exact) mass is 360 g/mol. The number of rotatable bonds is 4. The van der Waals surface area contributed by atoms with E-state index in [2.05, 4.69) is 10.6 Å². The minimum Gasteiger partial charge on any atom is -0.335 e. The van der Waals surface area contributed by atoms with Gasteiger partial charge < -0.3 is 5.32 Å². The summed E-state index contributed by atoms with van der Waals surface area (Å²) in [5.74, 6) is -2.35. The molecule has 2 aliphatic rings. The number of urea groups is 1. The van der Waals surface area contributed by atoms with Crippen molar-refractivity contribution in [3.63, 3.8) is 0 Å². The van der Waals surface area contributed by atoms with Crippen molar-refractivity contribution in [2.75, 3.05) is 6.54 Å². The minimum atomic E-state index is -0.815. The van der Waals surface area contributed by atoms with Crippen LogP contribution in [0.3, 0.4) is 0 Å². The van der Waals surface area contributed by atoms with Gasteiger partial charge in [0, 0.05) is 18.2 Å². The maximum Gasteiger partial charge on any atom is 0.321 e. The van der Waals surface area contributed by atoms with Gasteiger partial charge in [-0.3, -0.25) is 34.7 Å². The number of nitrogens with one attached hydrogen (secondary N) is 2. The Labute approximate surface area is 147 Å². The van der Waals surface area contributed by atoms with E-state index in [1.807, 2.05) is 0 Å². The second-order valence-corrected chi connectivity index (χ2v) is 6.19. The number of benzene rings is 1. The first-order valence-electron chi connectivity index (χ1n) is 8.12. The van der Waals surface area contributed by atoms with Crippen LogP contribution in [0.1, 0.15) is 46.4 Å². The van der Waals surface area contributed by atoms with Crippen molar-refractivity contribution in [2.24, 2.45) is 0 Å². The fraction of sp³-hybridized carbons (Fsp3) is 0.375. The fourth-order valence-electron chi connectivity index (χ4n) is 3.14. The lowest BCUT2D eigenvalue weighted by atomic mass is 10.1. The number of hydrogen-bond acceptors (Lipinski definition) is 6. The van der Waals surface area contributed by atoms with Gasteiger partial charge in [-0.2, -0.15) is 0 Å². The van der Waals surface area contributed by atoms with Crippen molar-refractivity contribution < 1.29 is 24.1 Å². The van der Waals surface area contributed by atoms with Gasteiger partial charge in [0.05, 0.1) is 16.1 Å². The van der Waals surface area contributed by atoms with Crippen molar-refractivity contribution in [1.29, 1.82) is 0 Å². The van der Waals surface area contributed by atoms with E-state index < -0.39 is 35.2 Å². The summed E-state index contributed by atoms with van der Waals surface area (Å²) in [5, 5.41) is 15.5. The van der Waals surface area contributed by atoms with Gasteiger partial charge in [0.2, 0.25) is 5.91 Å². The maximum atomic E-state index is 12.3. The van der Waals surface area contributed by atoms with Crippen molar-refractivity contribution in [3.8, 4) is 0 Å². The highest BCUT2D eigenvalue weighted by atomic mass is 16.6. The zero-order chi connectivity index (χ0) is 18.8. The van der Waals surface area contributed by atoms with Crippen LogP contribution in [0.4, 0.5) is 10.5 Å². The van der Waals surface area contributed by atoms with E-state index >= 15 is 0 Å². The van der Waals surface area contributed by atoms with Crippen LogP contribution in [0, 0.1) is 10.1 Å². The summed E-state index contributed by atoms with van der Waals surface area (Å²) in [7, 11) is 0. The SMILES string of the molecule is O=C(CN1C(=O)c2ccc([N+](=O)[O-])cc2C1=O)NC(=O)NC1CCCC1. The molecule has 1 fully saturated rings. The molecule has 0 unspecified atom stereocenters. The van der Waals surface area contributed by atoms with Crippen LogP contribution in [0.25, 0.3) is 0 Å². The molecule has 26 heavy (non-hydrogen) atoms. The highest BCUT2D eigenvalue weighted by Gasteiger charge is 2.38. The molecule has 0 aromatic heterocycles. The first-order valence-corrected chi connectivity index (χ1v) is 8.12. The van der Waals surface area contributed by atoms with Crippen molar-refractivity contribution in [2.45, 2.75) is 31.7 Å². The van der Waals surface area contributed by atoms with Gasteiger partial charge >= 0.3 is 6.03 Å². The molecule has 0 saturated heterocycles. The molecule has 10 heteroatoms. The zero-order valence-electron chi connectivity index (χ0n) is 13.7. The number of nitrogens with zero attached hydrogens (tertiary/aromatic N) is 2. The van der Waals surface area contributed by atoms with Gasteiger partial charge in [0.25, 0.3) is 17.5 Å². The number of nitro groups is 1. The van der Waals surface area contributed by atoms with Crippen LogP contribution < -0.4 is 10.6 Å². The summed E-state index contributed by atoms with van der Waals surface area (Å²) >= 11 is 0. The first kappa shape index (κ1) is 17.5. The summed E-state index contributed by atoms with van der Waals surface area (Å²) in [5.41, 5.74) is -0.469. The van der Waals surface area contributed by atoms with Crippen LogP contribution in [-0.2, 0) is 4.79 Å².